The molecule has 1 aromatic heterocycles. The summed E-state index contributed by atoms with van der Waals surface area (Å²) in [6.45, 7) is 5.93. The highest BCUT2D eigenvalue weighted by atomic mass is 35.5. The van der Waals surface area contributed by atoms with Gasteiger partial charge < -0.3 is 15.1 Å². The van der Waals surface area contributed by atoms with Gasteiger partial charge in [-0.25, -0.2) is 23.1 Å². The maximum atomic E-state index is 13.5. The Labute approximate surface area is 249 Å². The number of nitrogens with one attached hydrogen (secondary N) is 2. The molecule has 0 spiro atoms. The van der Waals surface area contributed by atoms with Gasteiger partial charge in [0.2, 0.25) is 10.0 Å². The fourth-order valence-electron chi connectivity index (χ4n) is 6.87. The highest BCUT2D eigenvalue weighted by Crippen LogP contribution is 2.36. The zero-order valence-corrected chi connectivity index (χ0v) is 25.8. The lowest BCUT2D eigenvalue weighted by molar-refractivity contribution is 0.0570. The van der Waals surface area contributed by atoms with Crippen LogP contribution in [0.5, 0.6) is 0 Å². The molecule has 1 amide bonds. The highest BCUT2D eigenvalue weighted by Gasteiger charge is 2.32. The third kappa shape index (κ3) is 7.97. The van der Waals surface area contributed by atoms with E-state index >= 15 is 0 Å². The van der Waals surface area contributed by atoms with E-state index in [1.807, 2.05) is 24.0 Å². The number of amides is 1. The first kappa shape index (κ1) is 30.2. The Hall–Kier alpha value is -2.27. The van der Waals surface area contributed by atoms with Crippen molar-refractivity contribution in [3.63, 3.8) is 0 Å². The standard InChI is InChI=1S/C30H43ClN6O3S/c1-21-28(30(38)37-16-12-27(13-17-37)36-14-10-26(11-15-36)35-41(2,39)40)33-20-34-29(21)32-19-22-4-3-5-24(18-22)23-6-8-25(31)9-7-23/h6-9,20,22,24,26-27,35H,3-5,10-19H2,1-2H3,(H,32,33,34). The average Bonchev–Trinajstić information content (AvgIpc) is 2.96. The Bertz CT molecular complexity index is 1290. The van der Waals surface area contributed by atoms with Crippen LogP contribution < -0.4 is 10.0 Å². The Morgan fingerprint density at radius 2 is 1.71 bits per heavy atom. The molecule has 224 valence electrons. The topological polar surface area (TPSA) is 108 Å². The number of nitrogens with zero attached hydrogens (tertiary/aromatic N) is 4. The van der Waals surface area contributed by atoms with Gasteiger partial charge in [0.1, 0.15) is 17.8 Å². The second-order valence-electron chi connectivity index (χ2n) is 12.1. The Morgan fingerprint density at radius 1 is 1.00 bits per heavy atom. The van der Waals surface area contributed by atoms with Crippen LogP contribution in [-0.4, -0.2) is 85.2 Å². The van der Waals surface area contributed by atoms with Gasteiger partial charge in [-0.1, -0.05) is 30.2 Å². The first-order valence-corrected chi connectivity index (χ1v) is 17.2. The fourth-order valence-corrected chi connectivity index (χ4v) is 7.84. The Kier molecular flexibility index (Phi) is 9.84. The number of benzene rings is 1. The molecule has 41 heavy (non-hydrogen) atoms. The summed E-state index contributed by atoms with van der Waals surface area (Å²) in [6, 6.07) is 8.71. The van der Waals surface area contributed by atoms with Crippen LogP contribution in [0.2, 0.25) is 5.02 Å². The zero-order chi connectivity index (χ0) is 29.0. The van der Waals surface area contributed by atoms with Crippen molar-refractivity contribution in [2.75, 3.05) is 44.3 Å². The van der Waals surface area contributed by atoms with E-state index in [9.17, 15) is 13.2 Å². The average molecular weight is 603 g/mol. The van der Waals surface area contributed by atoms with Gasteiger partial charge in [-0.05, 0) is 94.5 Å². The molecule has 2 saturated heterocycles. The van der Waals surface area contributed by atoms with Gasteiger partial charge in [0.15, 0.2) is 0 Å². The molecule has 3 aliphatic rings. The number of rotatable bonds is 8. The minimum absolute atomic E-state index is 0.0227. The zero-order valence-electron chi connectivity index (χ0n) is 24.2. The normalized spacial score (nSPS) is 23.4. The maximum Gasteiger partial charge on any atom is 0.272 e. The third-order valence-corrected chi connectivity index (χ3v) is 10.2. The van der Waals surface area contributed by atoms with Crippen LogP contribution in [0.3, 0.4) is 0 Å². The van der Waals surface area contributed by atoms with Crippen LogP contribution in [0.1, 0.15) is 78.9 Å². The second-order valence-corrected chi connectivity index (χ2v) is 14.3. The minimum atomic E-state index is -3.17. The molecule has 1 saturated carbocycles. The van der Waals surface area contributed by atoms with Gasteiger partial charge in [-0.3, -0.25) is 4.79 Å². The molecule has 3 heterocycles. The van der Waals surface area contributed by atoms with E-state index in [2.05, 4.69) is 37.0 Å². The van der Waals surface area contributed by atoms with Crippen LogP contribution in [0.4, 0.5) is 5.82 Å². The largest absolute Gasteiger partial charge is 0.369 e. The second kappa shape index (κ2) is 13.4. The quantitative estimate of drug-likeness (QED) is 0.460. The number of anilines is 1. The molecular weight excluding hydrogens is 560 g/mol. The minimum Gasteiger partial charge on any atom is -0.369 e. The van der Waals surface area contributed by atoms with E-state index in [0.29, 0.717) is 36.7 Å². The number of sulfonamides is 1. The number of hydrogen-bond donors (Lipinski definition) is 2. The molecule has 11 heteroatoms. The van der Waals surface area contributed by atoms with Gasteiger partial charge in [-0.2, -0.15) is 0 Å². The van der Waals surface area contributed by atoms with Crippen molar-refractivity contribution in [1.29, 1.82) is 0 Å². The predicted molar refractivity (Wildman–Crippen MR) is 163 cm³/mol. The third-order valence-electron chi connectivity index (χ3n) is 9.15. The van der Waals surface area contributed by atoms with E-state index in [-0.39, 0.29) is 11.9 Å². The van der Waals surface area contributed by atoms with E-state index in [1.54, 1.807) is 0 Å². The van der Waals surface area contributed by atoms with Gasteiger partial charge in [0, 0.05) is 42.3 Å². The molecule has 9 nitrogen and oxygen atoms in total. The molecule has 1 aromatic carbocycles. The maximum absolute atomic E-state index is 13.5. The van der Waals surface area contributed by atoms with Crippen molar-refractivity contribution in [3.05, 3.63) is 52.4 Å². The summed E-state index contributed by atoms with van der Waals surface area (Å²) in [5.74, 6) is 1.82. The molecule has 0 bridgehead atoms. The highest BCUT2D eigenvalue weighted by molar-refractivity contribution is 7.88. The van der Waals surface area contributed by atoms with E-state index in [0.717, 1.165) is 68.1 Å². The number of halogens is 1. The van der Waals surface area contributed by atoms with E-state index in [4.69, 9.17) is 11.6 Å². The number of carbonyl (C=O) groups excluding carboxylic acids is 1. The Morgan fingerprint density at radius 3 is 2.39 bits per heavy atom. The monoisotopic (exact) mass is 602 g/mol. The van der Waals surface area contributed by atoms with Crippen molar-refractivity contribution in [2.45, 2.75) is 76.3 Å². The molecule has 2 N–H and O–H groups in total. The summed E-state index contributed by atoms with van der Waals surface area (Å²) >= 11 is 6.09. The summed E-state index contributed by atoms with van der Waals surface area (Å²) in [7, 11) is -3.17. The predicted octanol–water partition coefficient (Wildman–Crippen LogP) is 4.44. The van der Waals surface area contributed by atoms with Gasteiger partial charge in [-0.15, -0.1) is 0 Å². The Balaban J connectivity index is 1.11. The summed E-state index contributed by atoms with van der Waals surface area (Å²) in [5, 5.41) is 4.31. The molecule has 2 aromatic rings. The lowest BCUT2D eigenvalue weighted by Gasteiger charge is -2.41. The van der Waals surface area contributed by atoms with Crippen molar-refractivity contribution in [2.24, 2.45) is 5.92 Å². The molecule has 0 radical (unpaired) electrons. The van der Waals surface area contributed by atoms with Crippen LogP contribution in [0, 0.1) is 12.8 Å². The molecule has 5 rings (SSSR count). The summed E-state index contributed by atoms with van der Waals surface area (Å²) in [6.07, 6.45) is 10.9. The number of hydrogen-bond acceptors (Lipinski definition) is 7. The summed E-state index contributed by atoms with van der Waals surface area (Å²) < 4.78 is 25.8. The molecule has 2 unspecified atom stereocenters. The van der Waals surface area contributed by atoms with Gasteiger partial charge in [0.25, 0.3) is 5.91 Å². The smallest absolute Gasteiger partial charge is 0.272 e. The van der Waals surface area contributed by atoms with Crippen LogP contribution in [-0.2, 0) is 10.0 Å². The number of aromatic nitrogens is 2. The molecule has 3 fully saturated rings. The lowest BCUT2D eigenvalue weighted by Crippen LogP contribution is -2.51. The van der Waals surface area contributed by atoms with Crippen molar-refractivity contribution >= 4 is 33.3 Å². The van der Waals surface area contributed by atoms with Crippen LogP contribution >= 0.6 is 11.6 Å². The number of carbonyl (C=O) groups is 1. The molecule has 2 atom stereocenters. The van der Waals surface area contributed by atoms with Crippen molar-refractivity contribution < 1.29 is 13.2 Å². The molecular formula is C30H43ClN6O3S. The first-order valence-electron chi connectivity index (χ1n) is 15.0. The van der Waals surface area contributed by atoms with Crippen molar-refractivity contribution in [1.82, 2.24) is 24.5 Å². The van der Waals surface area contributed by atoms with Crippen LogP contribution in [0.25, 0.3) is 0 Å². The fraction of sp³-hybridized carbons (Fsp3) is 0.633. The molecule has 1 aliphatic carbocycles. The summed E-state index contributed by atoms with van der Waals surface area (Å²) in [4.78, 5) is 26.7. The number of likely N-dealkylation sites (tertiary alicyclic amines) is 2. The number of piperidine rings is 2. The van der Waals surface area contributed by atoms with Crippen LogP contribution in [0.15, 0.2) is 30.6 Å². The SMILES string of the molecule is Cc1c(NCC2CCCC(c3ccc(Cl)cc3)C2)ncnc1C(=O)N1CCC(N2CCC(NS(C)(=O)=O)CC2)CC1. The van der Waals surface area contributed by atoms with E-state index in [1.165, 1.54) is 37.4 Å². The van der Waals surface area contributed by atoms with E-state index < -0.39 is 10.0 Å². The summed E-state index contributed by atoms with van der Waals surface area (Å²) in [5.41, 5.74) is 2.66. The first-order chi connectivity index (χ1) is 19.7. The van der Waals surface area contributed by atoms with Crippen molar-refractivity contribution in [3.8, 4) is 0 Å². The molecule has 2 aliphatic heterocycles. The lowest BCUT2D eigenvalue weighted by atomic mass is 9.78. The van der Waals surface area contributed by atoms with Gasteiger partial charge >= 0.3 is 0 Å². The van der Waals surface area contributed by atoms with Gasteiger partial charge in [0.05, 0.1) is 6.26 Å².